The quantitative estimate of drug-likeness (QED) is 0.529. The number of carbonyl (C=O) groups excluding carboxylic acids is 4. The molecule has 1 unspecified atom stereocenters. The Balaban J connectivity index is 1.83. The van der Waals surface area contributed by atoms with E-state index in [2.05, 4.69) is 0 Å². The normalized spacial score (nSPS) is 44.3. The Labute approximate surface area is 215 Å². The van der Waals surface area contributed by atoms with E-state index in [1.165, 1.54) is 19.1 Å². The van der Waals surface area contributed by atoms with Crippen LogP contribution in [0.1, 0.15) is 66.7 Å². The van der Waals surface area contributed by atoms with Crippen LogP contribution in [0.5, 0.6) is 0 Å². The van der Waals surface area contributed by atoms with Crippen molar-refractivity contribution in [1.82, 2.24) is 0 Å². The Kier molecular flexibility index (Phi) is 6.79. The van der Waals surface area contributed by atoms with Crippen molar-refractivity contribution < 1.29 is 42.5 Å². The number of aliphatic hydroxyl groups excluding tert-OH is 1. The summed E-state index contributed by atoms with van der Waals surface area (Å²) in [4.78, 5) is 50.3. The summed E-state index contributed by atoms with van der Waals surface area (Å²) in [7, 11) is 0. The molecular formula is C28H36F2O7. The summed E-state index contributed by atoms with van der Waals surface area (Å²) in [6.07, 6.45) is 0.185. The average molecular weight is 523 g/mol. The number of Topliss-reactive ketones (excluding diaryl/α,β-unsaturated/α-hetero) is 1. The second-order valence-electron chi connectivity index (χ2n) is 11.5. The van der Waals surface area contributed by atoms with Gasteiger partial charge in [-0.15, -0.1) is 0 Å². The van der Waals surface area contributed by atoms with E-state index in [9.17, 15) is 24.3 Å². The summed E-state index contributed by atoms with van der Waals surface area (Å²) < 4.78 is 44.0. The molecule has 9 heteroatoms. The highest BCUT2D eigenvalue weighted by atomic mass is 19.1. The SMILES string of the molecule is CCC(=O)OCC(=O)[C@@]1(OC(=O)CC)[C@@H](C)C[C@H]2[C@@H]3C[C@H](F)C4=CC(=O)C=C[C@]4(C)[C@@]3(F)C(O)C[C@@]21C. The lowest BCUT2D eigenvalue weighted by atomic mass is 9.44. The summed E-state index contributed by atoms with van der Waals surface area (Å²) in [6.45, 7) is 7.46. The van der Waals surface area contributed by atoms with Gasteiger partial charge in [0, 0.05) is 35.5 Å². The molecule has 4 aliphatic rings. The van der Waals surface area contributed by atoms with Gasteiger partial charge in [-0.3, -0.25) is 19.2 Å². The molecule has 9 atom stereocenters. The number of aliphatic hydroxyl groups is 1. The first-order valence-corrected chi connectivity index (χ1v) is 13.1. The minimum atomic E-state index is -2.31. The third kappa shape index (κ3) is 3.59. The zero-order valence-electron chi connectivity index (χ0n) is 22.0. The van der Waals surface area contributed by atoms with Crippen molar-refractivity contribution in [2.24, 2.45) is 28.6 Å². The maximum absolute atomic E-state index is 17.4. The summed E-state index contributed by atoms with van der Waals surface area (Å²) in [6, 6.07) is 0. The van der Waals surface area contributed by atoms with Gasteiger partial charge >= 0.3 is 11.9 Å². The van der Waals surface area contributed by atoms with Gasteiger partial charge in [-0.25, -0.2) is 8.78 Å². The number of ether oxygens (including phenoxy) is 2. The van der Waals surface area contributed by atoms with Crippen molar-refractivity contribution in [2.45, 2.75) is 90.3 Å². The molecule has 0 heterocycles. The molecule has 3 saturated carbocycles. The number of carbonyl (C=O) groups is 4. The van der Waals surface area contributed by atoms with E-state index in [0.29, 0.717) is 0 Å². The fourth-order valence-corrected chi connectivity index (χ4v) is 8.00. The number of ketones is 2. The van der Waals surface area contributed by atoms with Crippen molar-refractivity contribution in [3.8, 4) is 0 Å². The average Bonchev–Trinajstić information content (AvgIpc) is 3.07. The smallest absolute Gasteiger partial charge is 0.306 e. The fourth-order valence-electron chi connectivity index (χ4n) is 8.00. The second kappa shape index (κ2) is 9.10. The summed E-state index contributed by atoms with van der Waals surface area (Å²) in [5.74, 6) is -4.56. The van der Waals surface area contributed by atoms with E-state index in [4.69, 9.17) is 9.47 Å². The molecule has 0 aliphatic heterocycles. The van der Waals surface area contributed by atoms with Crippen LogP contribution in [0.25, 0.3) is 0 Å². The monoisotopic (exact) mass is 522 g/mol. The number of allylic oxidation sites excluding steroid dienone is 4. The molecule has 0 aromatic rings. The highest BCUT2D eigenvalue weighted by Crippen LogP contribution is 2.71. The number of rotatable bonds is 6. The Hall–Kier alpha value is -2.42. The maximum Gasteiger partial charge on any atom is 0.306 e. The first-order valence-electron chi connectivity index (χ1n) is 13.1. The molecule has 0 aromatic heterocycles. The van der Waals surface area contributed by atoms with Crippen LogP contribution in [0.4, 0.5) is 8.78 Å². The van der Waals surface area contributed by atoms with Crippen LogP contribution in [-0.2, 0) is 28.7 Å². The Morgan fingerprint density at radius 2 is 1.76 bits per heavy atom. The largest absolute Gasteiger partial charge is 0.457 e. The van der Waals surface area contributed by atoms with Crippen molar-refractivity contribution in [3.05, 3.63) is 23.8 Å². The number of fused-ring (bicyclic) bond motifs is 5. The van der Waals surface area contributed by atoms with Crippen LogP contribution in [0.15, 0.2) is 23.8 Å². The van der Waals surface area contributed by atoms with E-state index >= 15 is 8.78 Å². The summed E-state index contributed by atoms with van der Waals surface area (Å²) in [5.41, 5.74) is -6.90. The number of alkyl halides is 2. The minimum Gasteiger partial charge on any atom is -0.457 e. The van der Waals surface area contributed by atoms with Crippen LogP contribution in [0.3, 0.4) is 0 Å². The van der Waals surface area contributed by atoms with Gasteiger partial charge in [0.15, 0.2) is 23.7 Å². The van der Waals surface area contributed by atoms with Crippen LogP contribution >= 0.6 is 0 Å². The number of hydrogen-bond acceptors (Lipinski definition) is 7. The second-order valence-corrected chi connectivity index (χ2v) is 11.5. The molecule has 0 radical (unpaired) electrons. The lowest BCUT2D eigenvalue weighted by molar-refractivity contribution is -0.231. The van der Waals surface area contributed by atoms with E-state index in [1.807, 2.05) is 0 Å². The van der Waals surface area contributed by atoms with Gasteiger partial charge in [-0.2, -0.15) is 0 Å². The molecule has 0 aromatic carbocycles. The Morgan fingerprint density at radius 1 is 1.11 bits per heavy atom. The van der Waals surface area contributed by atoms with Gasteiger partial charge < -0.3 is 14.6 Å². The molecule has 1 N–H and O–H groups in total. The van der Waals surface area contributed by atoms with E-state index in [1.54, 1.807) is 27.7 Å². The lowest BCUT2D eigenvalue weighted by Crippen LogP contribution is -2.71. The predicted octanol–water partition coefficient (Wildman–Crippen LogP) is 3.77. The van der Waals surface area contributed by atoms with Gasteiger partial charge in [0.05, 0.1) is 6.10 Å². The third-order valence-corrected chi connectivity index (χ3v) is 9.80. The lowest BCUT2D eigenvalue weighted by Gasteiger charge is -2.63. The van der Waals surface area contributed by atoms with E-state index in [-0.39, 0.29) is 37.7 Å². The van der Waals surface area contributed by atoms with Gasteiger partial charge in [0.25, 0.3) is 0 Å². The third-order valence-electron chi connectivity index (χ3n) is 9.80. The molecule has 0 amide bonds. The Morgan fingerprint density at radius 3 is 2.38 bits per heavy atom. The molecule has 0 spiro atoms. The van der Waals surface area contributed by atoms with E-state index < -0.39 is 82.2 Å². The molecule has 4 rings (SSSR count). The van der Waals surface area contributed by atoms with Crippen molar-refractivity contribution in [3.63, 3.8) is 0 Å². The summed E-state index contributed by atoms with van der Waals surface area (Å²) in [5, 5.41) is 11.5. The van der Waals surface area contributed by atoms with Gasteiger partial charge in [-0.1, -0.05) is 33.8 Å². The van der Waals surface area contributed by atoms with Crippen LogP contribution in [0, 0.1) is 28.6 Å². The molecule has 4 aliphatic carbocycles. The van der Waals surface area contributed by atoms with Crippen molar-refractivity contribution >= 4 is 23.5 Å². The molecular weight excluding hydrogens is 486 g/mol. The highest BCUT2D eigenvalue weighted by Gasteiger charge is 2.78. The molecule has 3 fully saturated rings. The molecule has 37 heavy (non-hydrogen) atoms. The molecule has 0 bridgehead atoms. The number of esters is 2. The maximum atomic E-state index is 17.4. The number of halogens is 2. The highest BCUT2D eigenvalue weighted by molar-refractivity contribution is 6.01. The van der Waals surface area contributed by atoms with Crippen LogP contribution in [-0.4, -0.2) is 58.8 Å². The topological polar surface area (TPSA) is 107 Å². The Bertz CT molecular complexity index is 1080. The molecule has 204 valence electrons. The van der Waals surface area contributed by atoms with Crippen LogP contribution < -0.4 is 0 Å². The number of hydrogen-bond donors (Lipinski definition) is 1. The first-order chi connectivity index (χ1) is 17.2. The van der Waals surface area contributed by atoms with E-state index in [0.717, 1.165) is 6.08 Å². The summed E-state index contributed by atoms with van der Waals surface area (Å²) >= 11 is 0. The van der Waals surface area contributed by atoms with Gasteiger partial charge in [0.2, 0.25) is 5.78 Å². The van der Waals surface area contributed by atoms with Crippen molar-refractivity contribution in [1.29, 1.82) is 0 Å². The van der Waals surface area contributed by atoms with Crippen LogP contribution in [0.2, 0.25) is 0 Å². The zero-order valence-corrected chi connectivity index (χ0v) is 22.0. The standard InChI is InChI=1S/C28H36F2O7/c1-6-23(34)36-14-22(33)28(37-24(35)7-2)15(3)10-17-18-12-20(29)19-11-16(31)8-9-25(19,4)27(18,30)21(32)13-26(17,28)5/h8-9,11,15,17-18,20-21,32H,6-7,10,12-14H2,1-5H3/t15-,17-,18-,20-,21?,25-,26-,27-,28-/m0/s1. The minimum absolute atomic E-state index is 0.0127. The van der Waals surface area contributed by atoms with Crippen molar-refractivity contribution in [2.75, 3.05) is 6.61 Å². The fraction of sp³-hybridized carbons (Fsp3) is 0.714. The zero-order chi connectivity index (χ0) is 27.6. The molecule has 7 nitrogen and oxygen atoms in total. The first kappa shape index (κ1) is 27.6. The molecule has 0 saturated heterocycles. The van der Waals surface area contributed by atoms with Gasteiger partial charge in [0.1, 0.15) is 6.17 Å². The van der Waals surface area contributed by atoms with Gasteiger partial charge in [-0.05, 0) is 49.8 Å². The predicted molar refractivity (Wildman–Crippen MR) is 129 cm³/mol.